The average molecular weight is 392 g/mol. The van der Waals surface area contributed by atoms with E-state index in [9.17, 15) is 13.2 Å². The molecule has 2 heterocycles. The molecule has 2 aliphatic carbocycles. The first-order valence-electron chi connectivity index (χ1n) is 8.24. The van der Waals surface area contributed by atoms with Crippen LogP contribution in [0.5, 0.6) is 0 Å². The largest absolute Gasteiger partial charge is 0.368 e. The lowest BCUT2D eigenvalue weighted by molar-refractivity contribution is -0.118. The number of allylic oxidation sites excluding steroid dienone is 3. The molecular weight excluding hydrogens is 374 g/mol. The van der Waals surface area contributed by atoms with E-state index in [1.807, 2.05) is 12.1 Å². The molecule has 0 saturated heterocycles. The molecule has 0 aromatic carbocycles. The first-order chi connectivity index (χ1) is 12.2. The summed E-state index contributed by atoms with van der Waals surface area (Å²) in [5, 5.41) is 0.918. The molecule has 0 spiro atoms. The van der Waals surface area contributed by atoms with Gasteiger partial charge < -0.3 is 10.7 Å². The van der Waals surface area contributed by atoms with Crippen molar-refractivity contribution in [2.45, 2.75) is 35.3 Å². The van der Waals surface area contributed by atoms with E-state index >= 15 is 0 Å². The molecule has 136 valence electrons. The maximum Gasteiger partial charge on any atom is 0.240 e. The van der Waals surface area contributed by atoms with E-state index in [1.165, 1.54) is 6.08 Å². The van der Waals surface area contributed by atoms with Crippen molar-refractivity contribution in [2.75, 3.05) is 0 Å². The van der Waals surface area contributed by atoms with Crippen molar-refractivity contribution in [3.63, 3.8) is 0 Å². The standard InChI is InChI=1S/C18H18ClN3O3S/c1-17(19)7-4-12(5-8-17)26(24,25)18(16(20)23)10-13(18)14-3-2-11-6-9-21-15(11)22-14/h2-7,9,13H,8,10H2,1H3,(H2,20,23)(H,21,22). The smallest absolute Gasteiger partial charge is 0.240 e. The lowest BCUT2D eigenvalue weighted by Gasteiger charge is -2.22. The van der Waals surface area contributed by atoms with Gasteiger partial charge in [-0.25, -0.2) is 13.4 Å². The fourth-order valence-corrected chi connectivity index (χ4v) is 5.79. The van der Waals surface area contributed by atoms with Gasteiger partial charge in [-0.2, -0.15) is 0 Å². The lowest BCUT2D eigenvalue weighted by atomic mass is 10.0. The molecule has 6 nitrogen and oxygen atoms in total. The Bertz CT molecular complexity index is 1080. The number of hydrogen-bond donors (Lipinski definition) is 2. The van der Waals surface area contributed by atoms with Gasteiger partial charge in [0.05, 0.1) is 9.78 Å². The third kappa shape index (κ3) is 2.41. The maximum absolute atomic E-state index is 13.2. The van der Waals surface area contributed by atoms with Gasteiger partial charge in [0.25, 0.3) is 0 Å². The normalized spacial score (nSPS) is 31.0. The van der Waals surface area contributed by atoms with E-state index in [-0.39, 0.29) is 11.3 Å². The quantitative estimate of drug-likeness (QED) is 0.781. The van der Waals surface area contributed by atoms with Crippen LogP contribution in [-0.2, 0) is 14.6 Å². The van der Waals surface area contributed by atoms with Crippen molar-refractivity contribution in [1.82, 2.24) is 9.97 Å². The van der Waals surface area contributed by atoms with E-state index in [2.05, 4.69) is 9.97 Å². The Kier molecular flexibility index (Phi) is 3.62. The van der Waals surface area contributed by atoms with Gasteiger partial charge in [-0.3, -0.25) is 4.79 Å². The van der Waals surface area contributed by atoms with Crippen molar-refractivity contribution < 1.29 is 13.2 Å². The minimum Gasteiger partial charge on any atom is -0.368 e. The second-order valence-corrected chi connectivity index (χ2v) is 10.2. The van der Waals surface area contributed by atoms with Gasteiger partial charge in [-0.1, -0.05) is 12.2 Å². The Morgan fingerprint density at radius 2 is 2.15 bits per heavy atom. The highest BCUT2D eigenvalue weighted by Crippen LogP contribution is 2.58. The molecule has 8 heteroatoms. The van der Waals surface area contributed by atoms with Gasteiger partial charge in [0, 0.05) is 23.2 Å². The lowest BCUT2D eigenvalue weighted by Crippen LogP contribution is -2.40. The van der Waals surface area contributed by atoms with Crippen molar-refractivity contribution in [3.8, 4) is 0 Å². The predicted molar refractivity (Wildman–Crippen MR) is 100 cm³/mol. The van der Waals surface area contributed by atoms with Crippen LogP contribution in [0.2, 0.25) is 0 Å². The summed E-state index contributed by atoms with van der Waals surface area (Å²) in [7, 11) is -3.95. The number of halogens is 1. The van der Waals surface area contributed by atoms with Crippen LogP contribution in [0.25, 0.3) is 11.0 Å². The topological polar surface area (TPSA) is 106 Å². The van der Waals surface area contributed by atoms with Gasteiger partial charge in [0.15, 0.2) is 14.6 Å². The Balaban J connectivity index is 1.74. The molecule has 1 amide bonds. The third-order valence-electron chi connectivity index (χ3n) is 5.20. The number of H-pyrrole nitrogens is 1. The number of carbonyl (C=O) groups excluding carboxylic acids is 1. The van der Waals surface area contributed by atoms with Gasteiger partial charge in [-0.15, -0.1) is 11.6 Å². The highest BCUT2D eigenvalue weighted by atomic mass is 35.5. The SMILES string of the molecule is CC1(Cl)C=CC(S(=O)(=O)C2(C(N)=O)CC2c2ccc3cc[nH]c3n2)=CC1. The molecule has 2 aromatic rings. The van der Waals surface area contributed by atoms with Crippen molar-refractivity contribution in [1.29, 1.82) is 0 Å². The third-order valence-corrected chi connectivity index (χ3v) is 8.02. The zero-order valence-corrected chi connectivity index (χ0v) is 15.6. The molecular formula is C18H18ClN3O3S. The summed E-state index contributed by atoms with van der Waals surface area (Å²) >= 11 is 6.22. The molecule has 26 heavy (non-hydrogen) atoms. The fourth-order valence-electron chi connectivity index (χ4n) is 3.53. The highest BCUT2D eigenvalue weighted by Gasteiger charge is 2.70. The van der Waals surface area contributed by atoms with E-state index < -0.39 is 31.3 Å². The van der Waals surface area contributed by atoms with Crippen LogP contribution in [0.4, 0.5) is 0 Å². The summed E-state index contributed by atoms with van der Waals surface area (Å²) in [6.07, 6.45) is 6.92. The van der Waals surface area contributed by atoms with E-state index in [0.717, 1.165) is 5.39 Å². The summed E-state index contributed by atoms with van der Waals surface area (Å²) in [6, 6.07) is 5.48. The summed E-state index contributed by atoms with van der Waals surface area (Å²) in [4.78, 5) is 19.2. The van der Waals surface area contributed by atoms with Gasteiger partial charge >= 0.3 is 0 Å². The number of nitrogens with one attached hydrogen (secondary N) is 1. The summed E-state index contributed by atoms with van der Waals surface area (Å²) in [6.45, 7) is 1.80. The fraction of sp³-hybridized carbons (Fsp3) is 0.333. The van der Waals surface area contributed by atoms with E-state index in [0.29, 0.717) is 17.8 Å². The van der Waals surface area contributed by atoms with Crippen LogP contribution < -0.4 is 5.73 Å². The number of rotatable bonds is 4. The minimum atomic E-state index is -3.95. The molecule has 0 radical (unpaired) electrons. The van der Waals surface area contributed by atoms with Crippen LogP contribution in [0, 0.1) is 0 Å². The summed E-state index contributed by atoms with van der Waals surface area (Å²) in [5.41, 5.74) is 6.77. The number of carbonyl (C=O) groups is 1. The number of aromatic nitrogens is 2. The Labute approximate surface area is 156 Å². The number of sulfone groups is 1. The summed E-state index contributed by atoms with van der Waals surface area (Å²) in [5.74, 6) is -1.40. The molecule has 4 rings (SSSR count). The molecule has 2 aliphatic rings. The zero-order valence-electron chi connectivity index (χ0n) is 14.1. The Hall–Kier alpha value is -2.12. The van der Waals surface area contributed by atoms with Gasteiger partial charge in [0.1, 0.15) is 5.65 Å². The zero-order chi connectivity index (χ0) is 18.7. The first kappa shape index (κ1) is 17.3. The van der Waals surface area contributed by atoms with Crippen molar-refractivity contribution >= 4 is 38.4 Å². The van der Waals surface area contributed by atoms with Crippen LogP contribution in [-0.4, -0.2) is 33.9 Å². The maximum atomic E-state index is 13.2. The second kappa shape index (κ2) is 5.44. The Morgan fingerprint density at radius 1 is 1.38 bits per heavy atom. The highest BCUT2D eigenvalue weighted by molar-refractivity contribution is 7.98. The number of amides is 1. The first-order valence-corrected chi connectivity index (χ1v) is 10.1. The molecule has 0 aliphatic heterocycles. The molecule has 3 N–H and O–H groups in total. The number of hydrogen-bond acceptors (Lipinski definition) is 4. The van der Waals surface area contributed by atoms with E-state index in [1.54, 1.807) is 31.3 Å². The number of pyridine rings is 1. The Morgan fingerprint density at radius 3 is 2.81 bits per heavy atom. The molecule has 3 atom stereocenters. The van der Waals surface area contributed by atoms with Crippen molar-refractivity contribution in [3.05, 3.63) is 53.2 Å². The molecule has 1 fully saturated rings. The number of nitrogens with two attached hydrogens (primary N) is 1. The number of alkyl halides is 1. The molecule has 0 bridgehead atoms. The average Bonchev–Trinajstić information content (AvgIpc) is 3.19. The van der Waals surface area contributed by atoms with Gasteiger partial charge in [0.2, 0.25) is 5.91 Å². The number of fused-ring (bicyclic) bond motifs is 1. The molecule has 1 saturated carbocycles. The summed E-state index contributed by atoms with van der Waals surface area (Å²) < 4.78 is 24.8. The van der Waals surface area contributed by atoms with Crippen LogP contribution in [0.1, 0.15) is 31.4 Å². The molecule has 2 aromatic heterocycles. The number of nitrogens with zero attached hydrogens (tertiary/aromatic N) is 1. The van der Waals surface area contributed by atoms with Crippen LogP contribution in [0.15, 0.2) is 47.5 Å². The monoisotopic (exact) mass is 391 g/mol. The minimum absolute atomic E-state index is 0.0953. The number of aromatic amines is 1. The van der Waals surface area contributed by atoms with Crippen LogP contribution >= 0.6 is 11.6 Å². The van der Waals surface area contributed by atoms with Gasteiger partial charge in [-0.05, 0) is 44.0 Å². The number of primary amides is 1. The second-order valence-electron chi connectivity index (χ2n) is 7.09. The van der Waals surface area contributed by atoms with Crippen LogP contribution in [0.3, 0.4) is 0 Å². The van der Waals surface area contributed by atoms with E-state index in [4.69, 9.17) is 17.3 Å². The van der Waals surface area contributed by atoms with Crippen molar-refractivity contribution in [2.24, 2.45) is 5.73 Å². The molecule has 3 unspecified atom stereocenters. The predicted octanol–water partition coefficient (Wildman–Crippen LogP) is 2.53.